The van der Waals surface area contributed by atoms with Crippen molar-refractivity contribution in [2.24, 2.45) is 5.92 Å². The molecule has 144 valence electrons. The van der Waals surface area contributed by atoms with E-state index in [1.54, 1.807) is 11.3 Å². The van der Waals surface area contributed by atoms with Crippen LogP contribution in [0.1, 0.15) is 60.0 Å². The first-order valence-corrected chi connectivity index (χ1v) is 10.9. The van der Waals surface area contributed by atoms with Crippen molar-refractivity contribution in [3.05, 3.63) is 39.8 Å². The summed E-state index contributed by atoms with van der Waals surface area (Å²) in [5.41, 5.74) is 2.05. The summed E-state index contributed by atoms with van der Waals surface area (Å²) >= 11 is 1.80. The lowest BCUT2D eigenvalue weighted by Crippen LogP contribution is -2.40. The minimum atomic E-state index is -0.00325. The first kappa shape index (κ1) is 18.4. The third-order valence-electron chi connectivity index (χ3n) is 5.85. The largest absolute Gasteiger partial charge is 0.324 e. The van der Waals surface area contributed by atoms with Crippen LogP contribution in [-0.4, -0.2) is 34.2 Å². The van der Waals surface area contributed by atoms with Gasteiger partial charge in [0.2, 0.25) is 0 Å². The molecular formula is C21H28N4OS. The summed E-state index contributed by atoms with van der Waals surface area (Å²) in [5.74, 6) is 1.27. The number of amides is 2. The number of hydrogen-bond donors (Lipinski definition) is 1. The molecule has 2 fully saturated rings. The molecule has 0 unspecified atom stereocenters. The molecule has 0 atom stereocenters. The Kier molecular flexibility index (Phi) is 5.72. The number of hydrogen-bond acceptors (Lipinski definition) is 4. The zero-order chi connectivity index (χ0) is 18.6. The van der Waals surface area contributed by atoms with Gasteiger partial charge >= 0.3 is 6.03 Å². The molecule has 1 aliphatic heterocycles. The normalized spacial score (nSPS) is 18.8. The van der Waals surface area contributed by atoms with Gasteiger partial charge in [0.1, 0.15) is 10.0 Å². The fourth-order valence-electron chi connectivity index (χ4n) is 4.14. The lowest BCUT2D eigenvalue weighted by atomic mass is 9.98. The number of likely N-dealkylation sites (tertiary alicyclic amines) is 1. The predicted octanol–water partition coefficient (Wildman–Crippen LogP) is 4.99. The molecule has 5 nitrogen and oxygen atoms in total. The van der Waals surface area contributed by atoms with Crippen LogP contribution in [0.5, 0.6) is 0 Å². The van der Waals surface area contributed by atoms with Crippen molar-refractivity contribution in [1.29, 1.82) is 0 Å². The highest BCUT2D eigenvalue weighted by Gasteiger charge is 2.27. The molecule has 2 amide bonds. The Morgan fingerprint density at radius 1 is 1.11 bits per heavy atom. The first-order valence-electron chi connectivity index (χ1n) is 10.1. The number of carbonyl (C=O) groups excluding carboxylic acids is 1. The summed E-state index contributed by atoms with van der Waals surface area (Å²) in [6, 6.07) is 7.93. The van der Waals surface area contributed by atoms with Crippen LogP contribution in [0, 0.1) is 12.8 Å². The van der Waals surface area contributed by atoms with Gasteiger partial charge in [0.05, 0.1) is 0 Å². The molecule has 2 aromatic rings. The summed E-state index contributed by atoms with van der Waals surface area (Å²) in [4.78, 5) is 14.4. The number of rotatable bonds is 4. The smallest absolute Gasteiger partial charge is 0.321 e. The van der Waals surface area contributed by atoms with Gasteiger partial charge in [-0.25, -0.2) is 4.79 Å². The maximum Gasteiger partial charge on any atom is 0.321 e. The molecule has 2 heterocycles. The maximum atomic E-state index is 12.5. The van der Waals surface area contributed by atoms with E-state index in [0.717, 1.165) is 44.0 Å². The van der Waals surface area contributed by atoms with E-state index in [9.17, 15) is 4.79 Å². The van der Waals surface area contributed by atoms with Crippen molar-refractivity contribution in [2.45, 2.75) is 57.8 Å². The molecule has 1 saturated heterocycles. The second-order valence-corrected chi connectivity index (χ2v) is 9.04. The number of aryl methyl sites for hydroxylation is 1. The van der Waals surface area contributed by atoms with Crippen molar-refractivity contribution >= 4 is 23.1 Å². The van der Waals surface area contributed by atoms with Gasteiger partial charge in [-0.1, -0.05) is 43.4 Å². The van der Waals surface area contributed by atoms with Gasteiger partial charge < -0.3 is 10.2 Å². The third-order valence-corrected chi connectivity index (χ3v) is 6.96. The van der Waals surface area contributed by atoms with Gasteiger partial charge in [-0.05, 0) is 37.8 Å². The number of nitrogens with zero attached hydrogens (tertiary/aromatic N) is 3. The molecule has 1 aromatic carbocycles. The van der Waals surface area contributed by atoms with Crippen LogP contribution in [-0.2, 0) is 6.42 Å². The van der Waals surface area contributed by atoms with Gasteiger partial charge in [-0.15, -0.1) is 21.5 Å². The lowest BCUT2D eigenvalue weighted by molar-refractivity contribution is 0.194. The van der Waals surface area contributed by atoms with Gasteiger partial charge in [0, 0.05) is 31.1 Å². The Labute approximate surface area is 165 Å². The van der Waals surface area contributed by atoms with E-state index in [1.165, 1.54) is 41.3 Å². The number of nitrogens with one attached hydrogen (secondary N) is 1. The number of aromatic nitrogens is 2. The standard InChI is InChI=1S/C21H28N4OS/c1-15-6-8-18(9-7-15)22-21(26)25-12-10-17(11-13-25)20-24-23-19(27-20)14-16-4-2-3-5-16/h6-9,16-17H,2-5,10-14H2,1H3,(H,22,26). The van der Waals surface area contributed by atoms with Gasteiger partial charge in [-0.2, -0.15) is 0 Å². The Morgan fingerprint density at radius 3 is 2.52 bits per heavy atom. The maximum absolute atomic E-state index is 12.5. The second kappa shape index (κ2) is 8.38. The Morgan fingerprint density at radius 2 is 1.81 bits per heavy atom. The Balaban J connectivity index is 1.27. The summed E-state index contributed by atoms with van der Waals surface area (Å²) in [7, 11) is 0. The van der Waals surface area contributed by atoms with Gasteiger partial charge in [-0.3, -0.25) is 0 Å². The minimum absolute atomic E-state index is 0.00325. The van der Waals surface area contributed by atoms with Crippen LogP contribution in [0.3, 0.4) is 0 Å². The fraction of sp³-hybridized carbons (Fsp3) is 0.571. The first-order chi connectivity index (χ1) is 13.2. The van der Waals surface area contributed by atoms with Crippen LogP contribution in [0.15, 0.2) is 24.3 Å². The highest BCUT2D eigenvalue weighted by Crippen LogP contribution is 2.33. The molecule has 1 N–H and O–H groups in total. The summed E-state index contributed by atoms with van der Waals surface area (Å²) in [6.45, 7) is 3.60. The van der Waals surface area contributed by atoms with Crippen molar-refractivity contribution in [1.82, 2.24) is 15.1 Å². The van der Waals surface area contributed by atoms with Gasteiger partial charge in [0.15, 0.2) is 0 Å². The van der Waals surface area contributed by atoms with Crippen LogP contribution >= 0.6 is 11.3 Å². The number of urea groups is 1. The van der Waals surface area contributed by atoms with Gasteiger partial charge in [0.25, 0.3) is 0 Å². The zero-order valence-electron chi connectivity index (χ0n) is 16.0. The lowest BCUT2D eigenvalue weighted by Gasteiger charge is -2.31. The monoisotopic (exact) mass is 384 g/mol. The van der Waals surface area contributed by atoms with E-state index in [0.29, 0.717) is 5.92 Å². The van der Waals surface area contributed by atoms with E-state index in [2.05, 4.69) is 15.5 Å². The summed E-state index contributed by atoms with van der Waals surface area (Å²) in [5, 5.41) is 14.3. The molecule has 4 rings (SSSR count). The topological polar surface area (TPSA) is 58.1 Å². The molecule has 1 aliphatic carbocycles. The highest BCUT2D eigenvalue weighted by atomic mass is 32.1. The zero-order valence-corrected chi connectivity index (χ0v) is 16.8. The molecule has 0 radical (unpaired) electrons. The molecule has 27 heavy (non-hydrogen) atoms. The van der Waals surface area contributed by atoms with Crippen molar-refractivity contribution in [3.63, 3.8) is 0 Å². The number of piperidine rings is 1. The van der Waals surface area contributed by atoms with Crippen LogP contribution < -0.4 is 5.32 Å². The number of carbonyl (C=O) groups is 1. The SMILES string of the molecule is Cc1ccc(NC(=O)N2CCC(c3nnc(CC4CCCC4)s3)CC2)cc1. The molecule has 0 spiro atoms. The number of anilines is 1. The van der Waals surface area contributed by atoms with Crippen LogP contribution in [0.2, 0.25) is 0 Å². The highest BCUT2D eigenvalue weighted by molar-refractivity contribution is 7.11. The second-order valence-electron chi connectivity index (χ2n) is 7.95. The predicted molar refractivity (Wildman–Crippen MR) is 109 cm³/mol. The van der Waals surface area contributed by atoms with Crippen molar-refractivity contribution in [2.75, 3.05) is 18.4 Å². The van der Waals surface area contributed by atoms with E-state index in [1.807, 2.05) is 36.1 Å². The molecule has 1 aromatic heterocycles. The molecular weight excluding hydrogens is 356 g/mol. The number of benzene rings is 1. The summed E-state index contributed by atoms with van der Waals surface area (Å²) in [6.07, 6.45) is 8.50. The summed E-state index contributed by atoms with van der Waals surface area (Å²) < 4.78 is 0. The van der Waals surface area contributed by atoms with Crippen LogP contribution in [0.25, 0.3) is 0 Å². The quantitative estimate of drug-likeness (QED) is 0.808. The Hall–Kier alpha value is -1.95. The third kappa shape index (κ3) is 4.67. The van der Waals surface area contributed by atoms with E-state index in [4.69, 9.17) is 0 Å². The van der Waals surface area contributed by atoms with E-state index >= 15 is 0 Å². The van der Waals surface area contributed by atoms with E-state index < -0.39 is 0 Å². The molecule has 0 bridgehead atoms. The average molecular weight is 385 g/mol. The average Bonchev–Trinajstić information content (AvgIpc) is 3.36. The molecule has 2 aliphatic rings. The van der Waals surface area contributed by atoms with Crippen LogP contribution in [0.4, 0.5) is 10.5 Å². The van der Waals surface area contributed by atoms with Crippen molar-refractivity contribution in [3.8, 4) is 0 Å². The molecule has 1 saturated carbocycles. The van der Waals surface area contributed by atoms with Crippen molar-refractivity contribution < 1.29 is 4.79 Å². The Bertz CT molecular complexity index is 759. The molecule has 6 heteroatoms. The minimum Gasteiger partial charge on any atom is -0.324 e. The van der Waals surface area contributed by atoms with E-state index in [-0.39, 0.29) is 6.03 Å². The fourth-order valence-corrected chi connectivity index (χ4v) is 5.27.